The van der Waals surface area contributed by atoms with Crippen LogP contribution < -0.4 is 9.47 Å². The summed E-state index contributed by atoms with van der Waals surface area (Å²) >= 11 is 13.8. The van der Waals surface area contributed by atoms with Crippen molar-refractivity contribution in [3.05, 3.63) is 143 Å². The number of carboxylic acid groups (broad SMARTS) is 2. The summed E-state index contributed by atoms with van der Waals surface area (Å²) in [6.45, 7) is 12.3. The van der Waals surface area contributed by atoms with E-state index in [-0.39, 0.29) is 57.3 Å². The van der Waals surface area contributed by atoms with E-state index in [1.54, 1.807) is 12.1 Å². The summed E-state index contributed by atoms with van der Waals surface area (Å²) in [6.07, 6.45) is 19.2. The Kier molecular flexibility index (Phi) is 16.6. The molecular weight excluding hydrogens is 968 g/mol. The Morgan fingerprint density at radius 2 is 1.23 bits per heavy atom. The second-order valence-electron chi connectivity index (χ2n) is 22.7. The maximum absolute atomic E-state index is 12.9. The molecule has 0 radical (unpaired) electrons. The number of fused-ring (bicyclic) bond motifs is 5. The highest BCUT2D eigenvalue weighted by molar-refractivity contribution is 6.33. The maximum atomic E-state index is 12.9. The molecule has 390 valence electrons. The topological polar surface area (TPSA) is 179 Å². The highest BCUT2D eigenvalue weighted by atomic mass is 35.5. The fourth-order valence-corrected chi connectivity index (χ4v) is 14.9. The lowest BCUT2D eigenvalue weighted by Gasteiger charge is -2.61. The van der Waals surface area contributed by atoms with Crippen LogP contribution in [0.5, 0.6) is 11.5 Å². The van der Waals surface area contributed by atoms with Crippen molar-refractivity contribution in [1.82, 2.24) is 0 Å². The molecule has 0 aliphatic heterocycles. The molecule has 0 heterocycles. The second-order valence-corrected chi connectivity index (χ2v) is 23.5. The lowest BCUT2D eigenvalue weighted by Crippen LogP contribution is -2.53. The van der Waals surface area contributed by atoms with Crippen LogP contribution in [0.3, 0.4) is 0 Å². The van der Waals surface area contributed by atoms with Crippen molar-refractivity contribution in [3.63, 3.8) is 0 Å². The first-order valence-electron chi connectivity index (χ1n) is 26.3. The molecule has 0 aromatic heterocycles. The Hall–Kier alpha value is -5.46. The van der Waals surface area contributed by atoms with Crippen LogP contribution in [0, 0.1) is 78.4 Å². The molecule has 4 aliphatic carbocycles. The molecule has 4 saturated carbocycles. The van der Waals surface area contributed by atoms with Crippen molar-refractivity contribution in [1.29, 1.82) is 0 Å². The molecule has 0 saturated heterocycles. The van der Waals surface area contributed by atoms with Gasteiger partial charge in [0, 0.05) is 24.3 Å². The van der Waals surface area contributed by atoms with E-state index < -0.39 is 21.8 Å². The summed E-state index contributed by atoms with van der Waals surface area (Å²) in [5.41, 5.74) is 2.64. The van der Waals surface area contributed by atoms with E-state index in [9.17, 15) is 40.0 Å². The van der Waals surface area contributed by atoms with Gasteiger partial charge in [-0.25, -0.2) is 9.59 Å². The number of allylic oxidation sites excluding steroid dienone is 1. The minimum absolute atomic E-state index is 0.00443. The SMILES string of the molecule is CC(C)CCCC(C)[C@H]1CC[C@H]2[C@@H]3CCC4C[C@@H](CCC=C(c5cc(Cl)c(OCc6ccc([N+](=O)[O-])cc6)c(C(=O)O)c5)c5cc(Cl)c(OCc6ccc([N+](=O)[O-])cc6)c(C(=O)O)c5)CC[C@]4(C)[C@H]3CC[C@]12C. The van der Waals surface area contributed by atoms with E-state index in [1.165, 1.54) is 131 Å². The van der Waals surface area contributed by atoms with Crippen molar-refractivity contribution in [2.75, 3.05) is 0 Å². The van der Waals surface area contributed by atoms with Gasteiger partial charge in [0.05, 0.1) is 19.9 Å². The first kappa shape index (κ1) is 53.8. The van der Waals surface area contributed by atoms with Gasteiger partial charge >= 0.3 is 11.9 Å². The lowest BCUT2D eigenvalue weighted by atomic mass is 9.44. The van der Waals surface area contributed by atoms with Gasteiger partial charge in [-0.1, -0.05) is 83.2 Å². The summed E-state index contributed by atoms with van der Waals surface area (Å²) in [5, 5.41) is 43.5. The third-order valence-corrected chi connectivity index (χ3v) is 18.7. The highest BCUT2D eigenvalue weighted by Crippen LogP contribution is 2.69. The predicted octanol–water partition coefficient (Wildman–Crippen LogP) is 16.3. The van der Waals surface area contributed by atoms with Crippen LogP contribution in [0.25, 0.3) is 5.57 Å². The van der Waals surface area contributed by atoms with Crippen molar-refractivity contribution in [2.45, 2.75) is 138 Å². The van der Waals surface area contributed by atoms with Gasteiger partial charge in [0.1, 0.15) is 24.3 Å². The van der Waals surface area contributed by atoms with E-state index in [2.05, 4.69) is 34.6 Å². The van der Waals surface area contributed by atoms with Gasteiger partial charge in [-0.3, -0.25) is 20.2 Å². The molecule has 4 fully saturated rings. The van der Waals surface area contributed by atoms with Gasteiger partial charge in [0.2, 0.25) is 0 Å². The Labute approximate surface area is 439 Å². The summed E-state index contributed by atoms with van der Waals surface area (Å²) in [7, 11) is 0. The Balaban J connectivity index is 1.03. The zero-order valence-corrected chi connectivity index (χ0v) is 44.3. The van der Waals surface area contributed by atoms with Crippen LogP contribution in [0.2, 0.25) is 10.0 Å². The predicted molar refractivity (Wildman–Crippen MR) is 285 cm³/mol. The number of hydrogen-bond acceptors (Lipinski definition) is 8. The zero-order valence-electron chi connectivity index (χ0n) is 42.7. The molecule has 14 heteroatoms. The molecule has 4 aliphatic rings. The third-order valence-electron chi connectivity index (χ3n) is 18.1. The first-order valence-corrected chi connectivity index (χ1v) is 27.1. The molecule has 12 nitrogen and oxygen atoms in total. The number of nitro benzene ring substituents is 2. The molecule has 0 bridgehead atoms. The van der Waals surface area contributed by atoms with Crippen LogP contribution in [-0.2, 0) is 13.2 Å². The number of aromatic carboxylic acids is 2. The number of halogens is 2. The summed E-state index contributed by atoms with van der Waals surface area (Å²) in [5.74, 6) is 3.20. The average Bonchev–Trinajstić information content (AvgIpc) is 3.71. The minimum atomic E-state index is -1.30. The van der Waals surface area contributed by atoms with Crippen LogP contribution in [0.4, 0.5) is 11.4 Å². The molecule has 4 aromatic carbocycles. The Morgan fingerprint density at radius 3 is 1.74 bits per heavy atom. The first-order chi connectivity index (χ1) is 34.8. The van der Waals surface area contributed by atoms with Gasteiger partial charge in [0.15, 0.2) is 11.5 Å². The quantitative estimate of drug-likeness (QED) is 0.0639. The van der Waals surface area contributed by atoms with E-state index in [1.807, 2.05) is 6.08 Å². The number of carboxylic acids is 2. The van der Waals surface area contributed by atoms with Crippen LogP contribution in [0.15, 0.2) is 78.9 Å². The van der Waals surface area contributed by atoms with Crippen LogP contribution in [-0.4, -0.2) is 32.0 Å². The van der Waals surface area contributed by atoms with Gasteiger partial charge in [-0.05, 0) is 205 Å². The molecule has 0 amide bonds. The molecule has 4 aromatic rings. The number of nitrogens with zero attached hydrogens (tertiary/aromatic N) is 2. The van der Waals surface area contributed by atoms with Gasteiger partial charge in [-0.15, -0.1) is 0 Å². The molecule has 2 N–H and O–H groups in total. The Bertz CT molecular complexity index is 2590. The molecular formula is C59H70Cl2N2O10. The van der Waals surface area contributed by atoms with Gasteiger partial charge in [0.25, 0.3) is 11.4 Å². The van der Waals surface area contributed by atoms with Crippen LogP contribution >= 0.6 is 23.2 Å². The van der Waals surface area contributed by atoms with Crippen molar-refractivity contribution in [3.8, 4) is 11.5 Å². The number of benzene rings is 4. The second kappa shape index (κ2) is 22.6. The van der Waals surface area contributed by atoms with Crippen molar-refractivity contribution in [2.24, 2.45) is 58.2 Å². The zero-order chi connectivity index (χ0) is 52.4. The number of nitro groups is 2. The lowest BCUT2D eigenvalue weighted by molar-refractivity contribution is -0.385. The van der Waals surface area contributed by atoms with Gasteiger partial charge in [-0.2, -0.15) is 0 Å². The number of non-ortho nitro benzene ring substituents is 2. The number of rotatable bonds is 20. The standard InChI is InChI=1S/C59H70Cl2N2O10/c1-35(2)8-6-9-36(3)49-22-23-50-46-21-16-42-28-37(24-26-58(42,4)51(46)25-27-59(49,50)5)10-7-11-45(40-29-47(56(64)65)54(52(60)31-40)72-33-38-12-17-43(18-13-38)62(68)69)41-30-48(57(66)67)55(53(61)32-41)73-34-39-14-19-44(20-15-39)63(70)71/h11-15,17-20,29-32,35-37,42,46,49-51H,6-10,16,21-28,33-34H2,1-5H3,(H,64,65)(H,66,67)/t36?,37-,42?,46-,49+,50-,51-,58-,59+/m0/s1. The normalized spacial score (nSPS) is 25.7. The molecule has 73 heavy (non-hydrogen) atoms. The molecule has 8 rings (SSSR count). The van der Waals surface area contributed by atoms with Crippen molar-refractivity contribution >= 4 is 52.1 Å². The monoisotopic (exact) mass is 1040 g/mol. The van der Waals surface area contributed by atoms with E-state index in [0.717, 1.165) is 48.3 Å². The van der Waals surface area contributed by atoms with E-state index in [4.69, 9.17) is 32.7 Å². The average molecular weight is 1040 g/mol. The van der Waals surface area contributed by atoms with Crippen LogP contribution in [0.1, 0.15) is 167 Å². The molecule has 9 atom stereocenters. The summed E-state index contributed by atoms with van der Waals surface area (Å²) in [6, 6.07) is 17.5. The largest absolute Gasteiger partial charge is 0.486 e. The maximum Gasteiger partial charge on any atom is 0.339 e. The number of hydrogen-bond donors (Lipinski definition) is 2. The number of carbonyl (C=O) groups is 2. The summed E-state index contributed by atoms with van der Waals surface area (Å²) in [4.78, 5) is 47.3. The summed E-state index contributed by atoms with van der Waals surface area (Å²) < 4.78 is 12.0. The van der Waals surface area contributed by atoms with Crippen molar-refractivity contribution < 1.29 is 39.1 Å². The van der Waals surface area contributed by atoms with Gasteiger partial charge < -0.3 is 19.7 Å². The minimum Gasteiger partial charge on any atom is -0.486 e. The Morgan fingerprint density at radius 1 is 0.712 bits per heavy atom. The highest BCUT2D eigenvalue weighted by Gasteiger charge is 2.60. The fraction of sp³-hybridized carbons (Fsp3) is 0.525. The molecule has 2 unspecified atom stereocenters. The third kappa shape index (κ3) is 11.6. The van der Waals surface area contributed by atoms with E-state index >= 15 is 0 Å². The smallest absolute Gasteiger partial charge is 0.339 e. The molecule has 0 spiro atoms. The number of ether oxygens (including phenoxy) is 2. The fourth-order valence-electron chi connectivity index (χ4n) is 14.3. The van der Waals surface area contributed by atoms with E-state index in [0.29, 0.717) is 56.9 Å².